The van der Waals surface area contributed by atoms with Gasteiger partial charge in [0.05, 0.1) is 5.41 Å². The van der Waals surface area contributed by atoms with Crippen molar-refractivity contribution in [2.24, 2.45) is 5.41 Å². The Kier molecular flexibility index (Phi) is 3.74. The van der Waals surface area contributed by atoms with Gasteiger partial charge in [-0.1, -0.05) is 17.7 Å². The van der Waals surface area contributed by atoms with Crippen molar-refractivity contribution in [3.05, 3.63) is 35.4 Å². The minimum absolute atomic E-state index is 0.159. The van der Waals surface area contributed by atoms with E-state index in [0.29, 0.717) is 5.56 Å². The Balaban J connectivity index is 1.97. The topological polar surface area (TPSA) is 87.3 Å². The number of imide groups is 1. The Morgan fingerprint density at radius 1 is 1.30 bits per heavy atom. The molecule has 3 N–H and O–H groups in total. The smallest absolute Gasteiger partial charge is 0.321 e. The van der Waals surface area contributed by atoms with E-state index in [1.165, 1.54) is 0 Å². The fourth-order valence-electron chi connectivity index (χ4n) is 1.88. The van der Waals surface area contributed by atoms with E-state index >= 15 is 0 Å². The summed E-state index contributed by atoms with van der Waals surface area (Å²) in [6.07, 6.45) is 0. The zero-order valence-electron chi connectivity index (χ0n) is 11.4. The second-order valence-electron chi connectivity index (χ2n) is 5.25. The largest absolute Gasteiger partial charge is 0.351 e. The van der Waals surface area contributed by atoms with Crippen LogP contribution in [0.15, 0.2) is 24.3 Å². The molecule has 0 radical (unpaired) electrons. The maximum atomic E-state index is 12.0. The van der Waals surface area contributed by atoms with E-state index in [1.807, 2.05) is 19.1 Å². The Hall–Kier alpha value is -2.37. The number of aryl methyl sites for hydroxylation is 1. The van der Waals surface area contributed by atoms with Crippen LogP contribution in [0.4, 0.5) is 4.79 Å². The molecule has 0 spiro atoms. The SMILES string of the molecule is Cc1ccc(C(=O)NCC2(C)CNC(=O)NC2=O)cc1. The molecule has 1 fully saturated rings. The second-order valence-corrected chi connectivity index (χ2v) is 5.25. The molecule has 106 valence electrons. The fraction of sp³-hybridized carbons (Fsp3) is 0.357. The predicted molar refractivity (Wildman–Crippen MR) is 73.2 cm³/mol. The van der Waals surface area contributed by atoms with E-state index in [2.05, 4.69) is 16.0 Å². The van der Waals surface area contributed by atoms with Crippen LogP contribution < -0.4 is 16.0 Å². The molecule has 1 saturated heterocycles. The van der Waals surface area contributed by atoms with Crippen LogP contribution in [-0.4, -0.2) is 30.9 Å². The molecule has 1 heterocycles. The summed E-state index contributed by atoms with van der Waals surface area (Å²) in [4.78, 5) is 34.8. The third-order valence-electron chi connectivity index (χ3n) is 3.37. The van der Waals surface area contributed by atoms with Gasteiger partial charge in [0.15, 0.2) is 0 Å². The number of hydrogen-bond acceptors (Lipinski definition) is 3. The van der Waals surface area contributed by atoms with Crippen LogP contribution in [0.1, 0.15) is 22.8 Å². The van der Waals surface area contributed by atoms with Crippen LogP contribution in [0.25, 0.3) is 0 Å². The van der Waals surface area contributed by atoms with Crippen molar-refractivity contribution in [2.45, 2.75) is 13.8 Å². The first kappa shape index (κ1) is 14.0. The van der Waals surface area contributed by atoms with Crippen LogP contribution in [0.3, 0.4) is 0 Å². The van der Waals surface area contributed by atoms with Gasteiger partial charge in [0.2, 0.25) is 5.91 Å². The molecule has 1 aromatic rings. The number of amides is 4. The number of nitrogens with one attached hydrogen (secondary N) is 3. The lowest BCUT2D eigenvalue weighted by atomic mass is 9.88. The summed E-state index contributed by atoms with van der Waals surface area (Å²) in [5.74, 6) is -0.624. The number of benzene rings is 1. The number of carbonyl (C=O) groups is 3. The van der Waals surface area contributed by atoms with Crippen LogP contribution >= 0.6 is 0 Å². The molecule has 1 aromatic carbocycles. The van der Waals surface area contributed by atoms with Crippen molar-refractivity contribution in [3.63, 3.8) is 0 Å². The molecule has 1 unspecified atom stereocenters. The number of rotatable bonds is 3. The normalized spacial score (nSPS) is 21.9. The molecule has 20 heavy (non-hydrogen) atoms. The predicted octanol–water partition coefficient (Wildman–Crippen LogP) is 0.571. The Morgan fingerprint density at radius 3 is 2.55 bits per heavy atom. The first-order chi connectivity index (χ1) is 9.40. The van der Waals surface area contributed by atoms with Crippen LogP contribution in [0.5, 0.6) is 0 Å². The molecule has 1 aliphatic rings. The molecule has 0 bridgehead atoms. The van der Waals surface area contributed by atoms with E-state index in [9.17, 15) is 14.4 Å². The van der Waals surface area contributed by atoms with Gasteiger partial charge in [-0.2, -0.15) is 0 Å². The molecule has 4 amide bonds. The van der Waals surface area contributed by atoms with Crippen molar-refractivity contribution >= 4 is 17.8 Å². The van der Waals surface area contributed by atoms with Gasteiger partial charge in [0.1, 0.15) is 0 Å². The maximum Gasteiger partial charge on any atom is 0.321 e. The van der Waals surface area contributed by atoms with Crippen molar-refractivity contribution in [3.8, 4) is 0 Å². The molecule has 2 rings (SSSR count). The van der Waals surface area contributed by atoms with E-state index in [1.54, 1.807) is 19.1 Å². The molecule has 0 aliphatic carbocycles. The first-order valence-electron chi connectivity index (χ1n) is 6.35. The Morgan fingerprint density at radius 2 is 1.95 bits per heavy atom. The highest BCUT2D eigenvalue weighted by atomic mass is 16.2. The van der Waals surface area contributed by atoms with Gasteiger partial charge >= 0.3 is 6.03 Å². The molecular weight excluding hydrogens is 258 g/mol. The highest BCUT2D eigenvalue weighted by Gasteiger charge is 2.38. The Labute approximate surface area is 116 Å². The van der Waals surface area contributed by atoms with Gasteiger partial charge in [0, 0.05) is 18.7 Å². The molecule has 0 saturated carbocycles. The standard InChI is InChI=1S/C14H17N3O3/c1-9-3-5-10(6-4-9)11(18)15-7-14(2)8-16-13(20)17-12(14)19/h3-6H,7-8H2,1-2H3,(H,15,18)(H2,16,17,19,20). The number of hydrogen-bond donors (Lipinski definition) is 3. The zero-order valence-corrected chi connectivity index (χ0v) is 11.4. The third-order valence-corrected chi connectivity index (χ3v) is 3.37. The van der Waals surface area contributed by atoms with Crippen molar-refractivity contribution in [2.75, 3.05) is 13.1 Å². The molecule has 6 heteroatoms. The summed E-state index contributed by atoms with van der Waals surface area (Å²) in [5, 5.41) is 7.48. The molecule has 0 aromatic heterocycles. The molecular formula is C14H17N3O3. The summed E-state index contributed by atoms with van der Waals surface area (Å²) < 4.78 is 0. The monoisotopic (exact) mass is 275 g/mol. The first-order valence-corrected chi connectivity index (χ1v) is 6.35. The fourth-order valence-corrected chi connectivity index (χ4v) is 1.88. The van der Waals surface area contributed by atoms with Gasteiger partial charge < -0.3 is 10.6 Å². The summed E-state index contributed by atoms with van der Waals surface area (Å²) in [5.41, 5.74) is 0.774. The molecule has 1 aliphatic heterocycles. The summed E-state index contributed by atoms with van der Waals surface area (Å²) in [6.45, 7) is 3.99. The van der Waals surface area contributed by atoms with Crippen LogP contribution in [0.2, 0.25) is 0 Å². The van der Waals surface area contributed by atoms with Crippen LogP contribution in [0, 0.1) is 12.3 Å². The minimum atomic E-state index is -0.839. The quantitative estimate of drug-likeness (QED) is 0.753. The highest BCUT2D eigenvalue weighted by Crippen LogP contribution is 2.17. The van der Waals surface area contributed by atoms with Crippen molar-refractivity contribution < 1.29 is 14.4 Å². The lowest BCUT2D eigenvalue weighted by Gasteiger charge is -2.32. The van der Waals surface area contributed by atoms with Gasteiger partial charge in [0.25, 0.3) is 5.91 Å². The average Bonchev–Trinajstić information content (AvgIpc) is 2.42. The van der Waals surface area contributed by atoms with Gasteiger partial charge in [-0.05, 0) is 26.0 Å². The second kappa shape index (κ2) is 5.32. The highest BCUT2D eigenvalue weighted by molar-refractivity contribution is 6.00. The number of urea groups is 1. The summed E-state index contributed by atoms with van der Waals surface area (Å²) in [6, 6.07) is 6.66. The lowest BCUT2D eigenvalue weighted by molar-refractivity contribution is -0.129. The van der Waals surface area contributed by atoms with Crippen molar-refractivity contribution in [1.82, 2.24) is 16.0 Å². The maximum absolute atomic E-state index is 12.0. The lowest BCUT2D eigenvalue weighted by Crippen LogP contribution is -2.61. The van der Waals surface area contributed by atoms with E-state index in [0.717, 1.165) is 5.56 Å². The van der Waals surface area contributed by atoms with E-state index in [4.69, 9.17) is 0 Å². The Bertz CT molecular complexity index is 553. The summed E-state index contributed by atoms with van der Waals surface area (Å²) in [7, 11) is 0. The van der Waals surface area contributed by atoms with Crippen LogP contribution in [-0.2, 0) is 4.79 Å². The minimum Gasteiger partial charge on any atom is -0.351 e. The van der Waals surface area contributed by atoms with E-state index in [-0.39, 0.29) is 24.9 Å². The van der Waals surface area contributed by atoms with E-state index < -0.39 is 11.4 Å². The zero-order chi connectivity index (χ0) is 14.8. The third kappa shape index (κ3) is 2.96. The average molecular weight is 275 g/mol. The summed E-state index contributed by atoms with van der Waals surface area (Å²) >= 11 is 0. The molecule has 1 atom stereocenters. The van der Waals surface area contributed by atoms with Gasteiger partial charge in [-0.3, -0.25) is 14.9 Å². The van der Waals surface area contributed by atoms with Gasteiger partial charge in [-0.25, -0.2) is 4.79 Å². The number of carbonyl (C=O) groups excluding carboxylic acids is 3. The van der Waals surface area contributed by atoms with Crippen molar-refractivity contribution in [1.29, 1.82) is 0 Å². The molecule has 6 nitrogen and oxygen atoms in total. The van der Waals surface area contributed by atoms with Gasteiger partial charge in [-0.15, -0.1) is 0 Å².